The van der Waals surface area contributed by atoms with Gasteiger partial charge in [-0.2, -0.15) is 4.98 Å². The predicted molar refractivity (Wildman–Crippen MR) is 73.9 cm³/mol. The molecule has 108 valence electrons. The average molecular weight is 266 g/mol. The third-order valence-corrected chi connectivity index (χ3v) is 4.07. The lowest BCUT2D eigenvalue weighted by Crippen LogP contribution is -2.28. The number of aromatic nitrogens is 2. The van der Waals surface area contributed by atoms with Crippen LogP contribution in [0.2, 0.25) is 0 Å². The Bertz CT molecular complexity index is 387. The molecule has 1 unspecified atom stereocenters. The van der Waals surface area contributed by atoms with E-state index >= 15 is 0 Å². The molecule has 19 heavy (non-hydrogen) atoms. The Hall–Kier alpha value is -0.900. The summed E-state index contributed by atoms with van der Waals surface area (Å²) in [6.45, 7) is 6.04. The largest absolute Gasteiger partial charge is 0.392 e. The fourth-order valence-electron chi connectivity index (χ4n) is 2.53. The Kier molecular flexibility index (Phi) is 4.61. The molecule has 1 heterocycles. The van der Waals surface area contributed by atoms with Crippen molar-refractivity contribution in [3.63, 3.8) is 0 Å². The summed E-state index contributed by atoms with van der Waals surface area (Å²) in [5.41, 5.74) is -0.156. The van der Waals surface area contributed by atoms with Crippen LogP contribution in [0.5, 0.6) is 0 Å². The van der Waals surface area contributed by atoms with E-state index in [2.05, 4.69) is 10.1 Å². The Balaban J connectivity index is 1.98. The Labute approximate surface area is 115 Å². The fraction of sp³-hybridized carbons (Fsp3) is 0.867. The molecule has 1 aromatic rings. The third-order valence-electron chi connectivity index (χ3n) is 4.07. The zero-order valence-electron chi connectivity index (χ0n) is 12.4. The minimum Gasteiger partial charge on any atom is -0.392 e. The van der Waals surface area contributed by atoms with Gasteiger partial charge in [-0.1, -0.05) is 51.6 Å². The van der Waals surface area contributed by atoms with Crippen LogP contribution in [0.1, 0.15) is 76.9 Å². The number of nitrogens with zero attached hydrogens (tertiary/aromatic N) is 2. The maximum absolute atomic E-state index is 10.1. The minimum absolute atomic E-state index is 0.156. The molecule has 2 rings (SSSR count). The van der Waals surface area contributed by atoms with Crippen LogP contribution in [0, 0.1) is 5.41 Å². The predicted octanol–water partition coefficient (Wildman–Crippen LogP) is 3.46. The molecule has 0 amide bonds. The van der Waals surface area contributed by atoms with Crippen molar-refractivity contribution in [1.82, 2.24) is 10.1 Å². The van der Waals surface area contributed by atoms with Gasteiger partial charge >= 0.3 is 0 Å². The Morgan fingerprint density at radius 1 is 1.21 bits per heavy atom. The highest BCUT2D eigenvalue weighted by Gasteiger charge is 2.26. The van der Waals surface area contributed by atoms with Gasteiger partial charge in [-0.25, -0.2) is 0 Å². The van der Waals surface area contributed by atoms with Crippen molar-refractivity contribution >= 4 is 0 Å². The first kappa shape index (κ1) is 14.5. The van der Waals surface area contributed by atoms with Crippen LogP contribution in [0.3, 0.4) is 0 Å². The van der Waals surface area contributed by atoms with Gasteiger partial charge in [0.05, 0.1) is 12.5 Å². The number of hydrogen-bond acceptors (Lipinski definition) is 4. The number of rotatable bonds is 3. The van der Waals surface area contributed by atoms with Gasteiger partial charge < -0.3 is 9.63 Å². The first-order valence-corrected chi connectivity index (χ1v) is 7.47. The average Bonchev–Trinajstić information content (AvgIpc) is 2.62. The molecule has 0 spiro atoms. The van der Waals surface area contributed by atoms with E-state index in [-0.39, 0.29) is 5.41 Å². The van der Waals surface area contributed by atoms with E-state index < -0.39 is 6.10 Å². The smallest absolute Gasteiger partial charge is 0.229 e. The first-order chi connectivity index (χ1) is 8.97. The number of hydrogen-bond donors (Lipinski definition) is 1. The quantitative estimate of drug-likeness (QED) is 0.851. The second-order valence-electron chi connectivity index (χ2n) is 6.82. The minimum atomic E-state index is -0.449. The van der Waals surface area contributed by atoms with Gasteiger partial charge in [0.25, 0.3) is 0 Å². The maximum atomic E-state index is 10.1. The van der Waals surface area contributed by atoms with E-state index in [9.17, 15) is 5.11 Å². The van der Waals surface area contributed by atoms with Crippen molar-refractivity contribution in [3.8, 4) is 0 Å². The molecule has 1 aliphatic rings. The molecule has 4 nitrogen and oxygen atoms in total. The van der Waals surface area contributed by atoms with Crippen LogP contribution in [0.25, 0.3) is 0 Å². The maximum Gasteiger partial charge on any atom is 0.229 e. The van der Waals surface area contributed by atoms with Crippen molar-refractivity contribution in [2.24, 2.45) is 5.41 Å². The summed E-state index contributed by atoms with van der Waals surface area (Å²) in [6, 6.07) is 0. The van der Waals surface area contributed by atoms with Crippen LogP contribution >= 0.6 is 0 Å². The molecule has 4 heteroatoms. The lowest BCUT2D eigenvalue weighted by Gasteiger charge is -2.24. The molecule has 1 aromatic heterocycles. The summed E-state index contributed by atoms with van der Waals surface area (Å²) in [7, 11) is 0. The Morgan fingerprint density at radius 3 is 2.42 bits per heavy atom. The number of aliphatic hydroxyl groups excluding tert-OH is 1. The normalized spacial score (nSPS) is 20.2. The van der Waals surface area contributed by atoms with E-state index in [1.165, 1.54) is 38.5 Å². The summed E-state index contributed by atoms with van der Waals surface area (Å²) in [4.78, 5) is 4.49. The molecule has 0 bridgehead atoms. The summed E-state index contributed by atoms with van der Waals surface area (Å²) in [5.74, 6) is 1.87. The molecule has 0 radical (unpaired) electrons. The summed E-state index contributed by atoms with van der Waals surface area (Å²) in [6.07, 6.45) is 7.51. The highest BCUT2D eigenvalue weighted by Crippen LogP contribution is 2.30. The van der Waals surface area contributed by atoms with E-state index in [1.54, 1.807) is 0 Å². The lowest BCUT2D eigenvalue weighted by molar-refractivity contribution is 0.0565. The fourth-order valence-corrected chi connectivity index (χ4v) is 2.53. The summed E-state index contributed by atoms with van der Waals surface area (Å²) >= 11 is 0. The topological polar surface area (TPSA) is 59.2 Å². The van der Waals surface area contributed by atoms with Crippen LogP contribution in [-0.4, -0.2) is 21.4 Å². The summed E-state index contributed by atoms with van der Waals surface area (Å²) in [5, 5.41) is 14.2. The second kappa shape index (κ2) is 6.04. The van der Waals surface area contributed by atoms with E-state index in [0.29, 0.717) is 18.2 Å². The van der Waals surface area contributed by atoms with Crippen LogP contribution in [0.4, 0.5) is 0 Å². The molecule has 1 atom stereocenters. The summed E-state index contributed by atoms with van der Waals surface area (Å²) < 4.78 is 5.30. The molecule has 0 aromatic carbocycles. The second-order valence-corrected chi connectivity index (χ2v) is 6.82. The highest BCUT2D eigenvalue weighted by atomic mass is 16.5. The van der Waals surface area contributed by atoms with Gasteiger partial charge in [-0.15, -0.1) is 0 Å². The molecule has 0 saturated heterocycles. The lowest BCUT2D eigenvalue weighted by atomic mass is 9.87. The molecule has 1 saturated carbocycles. The van der Waals surface area contributed by atoms with Crippen LogP contribution < -0.4 is 0 Å². The van der Waals surface area contributed by atoms with Crippen LogP contribution in [-0.2, 0) is 6.42 Å². The Morgan fingerprint density at radius 2 is 1.84 bits per heavy atom. The highest BCUT2D eigenvalue weighted by molar-refractivity contribution is 4.97. The van der Waals surface area contributed by atoms with Crippen LogP contribution in [0.15, 0.2) is 4.52 Å². The standard InChI is InChI=1S/C15H26N2O2/c1-15(2,3)12(18)10-13-16-14(17-19-13)11-8-6-4-5-7-9-11/h11-12,18H,4-10H2,1-3H3. The van der Waals surface area contributed by atoms with Gasteiger partial charge in [-0.3, -0.25) is 0 Å². The van der Waals surface area contributed by atoms with Gasteiger partial charge in [0.2, 0.25) is 5.89 Å². The van der Waals surface area contributed by atoms with Gasteiger partial charge in [0.1, 0.15) is 0 Å². The molecule has 1 N–H and O–H groups in total. The van der Waals surface area contributed by atoms with Crippen molar-refractivity contribution in [2.75, 3.05) is 0 Å². The SMILES string of the molecule is CC(C)(C)C(O)Cc1nc(C2CCCCCC2)no1. The van der Waals surface area contributed by atoms with E-state index in [1.807, 2.05) is 20.8 Å². The number of aliphatic hydroxyl groups is 1. The zero-order chi connectivity index (χ0) is 13.9. The monoisotopic (exact) mass is 266 g/mol. The van der Waals surface area contributed by atoms with Gasteiger partial charge in [0, 0.05) is 5.92 Å². The third kappa shape index (κ3) is 4.03. The van der Waals surface area contributed by atoms with Crippen molar-refractivity contribution < 1.29 is 9.63 Å². The first-order valence-electron chi connectivity index (χ1n) is 7.47. The van der Waals surface area contributed by atoms with E-state index in [4.69, 9.17) is 4.52 Å². The van der Waals surface area contributed by atoms with Gasteiger partial charge in [0.15, 0.2) is 5.82 Å². The van der Waals surface area contributed by atoms with Gasteiger partial charge in [-0.05, 0) is 18.3 Å². The van der Waals surface area contributed by atoms with Crippen molar-refractivity contribution in [1.29, 1.82) is 0 Å². The van der Waals surface area contributed by atoms with Crippen molar-refractivity contribution in [2.45, 2.75) is 77.7 Å². The molecule has 1 aliphatic carbocycles. The zero-order valence-corrected chi connectivity index (χ0v) is 12.4. The molecular formula is C15H26N2O2. The molecular weight excluding hydrogens is 240 g/mol. The van der Waals surface area contributed by atoms with E-state index in [0.717, 1.165) is 5.82 Å². The molecule has 0 aliphatic heterocycles. The van der Waals surface area contributed by atoms with Crippen molar-refractivity contribution in [3.05, 3.63) is 11.7 Å². The molecule has 1 fully saturated rings.